The maximum Gasteiger partial charge on any atom is 0.410 e. The van der Waals surface area contributed by atoms with Gasteiger partial charge in [-0.25, -0.2) is 18.4 Å². The molecule has 1 aromatic heterocycles. The molecular weight excluding hydrogens is 702 g/mol. The Kier molecular flexibility index (Phi) is 11.2. The van der Waals surface area contributed by atoms with Crippen LogP contribution in [0, 0.1) is 17.6 Å². The lowest BCUT2D eigenvalue weighted by Crippen LogP contribution is -2.58. The number of fused-ring (bicyclic) bond motifs is 3. The van der Waals surface area contributed by atoms with Gasteiger partial charge in [-0.2, -0.15) is 0 Å². The third kappa shape index (κ3) is 8.82. The van der Waals surface area contributed by atoms with Gasteiger partial charge in [-0.3, -0.25) is 24.3 Å². The normalized spacial score (nSPS) is 26.9. The fourth-order valence-corrected chi connectivity index (χ4v) is 7.39. The molecule has 0 radical (unpaired) electrons. The van der Waals surface area contributed by atoms with Crippen LogP contribution in [0.1, 0.15) is 95.5 Å². The van der Waals surface area contributed by atoms with Crippen molar-refractivity contribution in [3.05, 3.63) is 77.1 Å². The summed E-state index contributed by atoms with van der Waals surface area (Å²) >= 11 is 0. The van der Waals surface area contributed by atoms with Crippen molar-refractivity contribution in [2.45, 2.75) is 121 Å². The number of alkyl carbamates (subject to hydrolysis) is 1. The summed E-state index contributed by atoms with van der Waals surface area (Å²) in [6.07, 6.45) is 5.90. The molecular formula is C39H48F2N6O7. The third-order valence-corrected chi connectivity index (χ3v) is 10.3. The molecule has 0 unspecified atom stereocenters. The van der Waals surface area contributed by atoms with Gasteiger partial charge in [0.2, 0.25) is 17.7 Å². The molecule has 4 aliphatic rings. The Balaban J connectivity index is 1.25. The molecule has 2 fully saturated rings. The van der Waals surface area contributed by atoms with Crippen LogP contribution in [0.25, 0.3) is 0 Å². The number of rotatable bonds is 5. The molecule has 6 atom stereocenters. The third-order valence-electron chi connectivity index (χ3n) is 10.3. The molecule has 5 amide bonds. The number of hydrogen-bond donors (Lipinski definition) is 3. The fraction of sp³-hybridized carbons (Fsp3) is 0.538. The predicted octanol–water partition coefficient (Wildman–Crippen LogP) is 4.95. The summed E-state index contributed by atoms with van der Waals surface area (Å²) in [6, 6.07) is 4.55. The van der Waals surface area contributed by atoms with Crippen molar-refractivity contribution < 1.29 is 42.2 Å². The smallest absolute Gasteiger partial charge is 0.410 e. The van der Waals surface area contributed by atoms with Gasteiger partial charge in [0.25, 0.3) is 0 Å². The standard InChI is InChI=1S/C39H48F2N6O7/c1-23(30-16-15-26(40)19-42-30)43-35(50)39-18-25(39)12-8-6-5-7-9-14-31(44-36(51)54-38(2,3)4)34(49)47-21-27(17-32(47)33(48)45-39)53-37(52)46-20-24-11-10-13-29(41)28(24)22-46/h8,10-13,15-16,19,23,25,27,31-32H,5-7,9,14,17-18,20-22H2,1-4H3,(H,43,50)(H,44,51)(H,45,48)/b12-8-/t23-,25+,27+,31-,32-,39+/m0/s1. The van der Waals surface area contributed by atoms with E-state index in [2.05, 4.69) is 20.9 Å². The van der Waals surface area contributed by atoms with Gasteiger partial charge in [-0.1, -0.05) is 37.1 Å². The van der Waals surface area contributed by atoms with Crippen LogP contribution in [0.4, 0.5) is 18.4 Å². The molecule has 3 aliphatic heterocycles. The molecule has 15 heteroatoms. The maximum atomic E-state index is 14.4. The zero-order valence-corrected chi connectivity index (χ0v) is 31.0. The molecule has 3 N–H and O–H groups in total. The van der Waals surface area contributed by atoms with Crippen molar-refractivity contribution in [1.82, 2.24) is 30.7 Å². The zero-order valence-electron chi connectivity index (χ0n) is 31.0. The maximum absolute atomic E-state index is 14.4. The summed E-state index contributed by atoms with van der Waals surface area (Å²) in [5, 5.41) is 8.56. The molecule has 290 valence electrons. The first kappa shape index (κ1) is 38.6. The SMILES string of the molecule is C[C@H](NC(=O)[C@@]12C[C@H]1/C=C\CCCCC[C@H](NC(=O)OC(C)(C)C)C(=O)N1C[C@H](OC(=O)N3Cc4cccc(F)c4C3)C[C@H]1C(=O)N2)c1ccc(F)cn1. The van der Waals surface area contributed by atoms with Gasteiger partial charge in [0.1, 0.15) is 41.0 Å². The lowest BCUT2D eigenvalue weighted by molar-refractivity contribution is -0.141. The van der Waals surface area contributed by atoms with Crippen LogP contribution in [-0.4, -0.2) is 80.6 Å². The quantitative estimate of drug-likeness (QED) is 0.363. The molecule has 1 saturated heterocycles. The highest BCUT2D eigenvalue weighted by Gasteiger charge is 2.61. The zero-order chi connectivity index (χ0) is 38.8. The van der Waals surface area contributed by atoms with Crippen LogP contribution in [0.5, 0.6) is 0 Å². The number of nitrogens with one attached hydrogen (secondary N) is 3. The highest BCUT2D eigenvalue weighted by Crippen LogP contribution is 2.46. The lowest BCUT2D eigenvalue weighted by Gasteiger charge is -2.30. The minimum Gasteiger partial charge on any atom is -0.444 e. The number of benzene rings is 1. The molecule has 1 aromatic carbocycles. The van der Waals surface area contributed by atoms with Crippen molar-refractivity contribution in [3.8, 4) is 0 Å². The first-order valence-corrected chi connectivity index (χ1v) is 18.6. The van der Waals surface area contributed by atoms with Gasteiger partial charge < -0.3 is 30.3 Å². The van der Waals surface area contributed by atoms with E-state index in [1.54, 1.807) is 39.8 Å². The molecule has 6 rings (SSSR count). The number of carbonyl (C=O) groups is 5. The highest BCUT2D eigenvalue weighted by atomic mass is 19.1. The van der Waals surface area contributed by atoms with Gasteiger partial charge in [-0.05, 0) is 77.1 Å². The first-order chi connectivity index (χ1) is 25.6. The predicted molar refractivity (Wildman–Crippen MR) is 191 cm³/mol. The van der Waals surface area contributed by atoms with Crippen LogP contribution < -0.4 is 16.0 Å². The van der Waals surface area contributed by atoms with Crippen molar-refractivity contribution in [1.29, 1.82) is 0 Å². The number of carbonyl (C=O) groups excluding carboxylic acids is 5. The summed E-state index contributed by atoms with van der Waals surface area (Å²) in [5.74, 6) is -2.91. The fourth-order valence-electron chi connectivity index (χ4n) is 7.39. The number of amides is 5. The van der Waals surface area contributed by atoms with E-state index < -0.39 is 76.9 Å². The molecule has 13 nitrogen and oxygen atoms in total. The second kappa shape index (κ2) is 15.7. The Morgan fingerprint density at radius 2 is 1.87 bits per heavy atom. The second-order valence-electron chi connectivity index (χ2n) is 15.6. The van der Waals surface area contributed by atoms with Crippen molar-refractivity contribution in [3.63, 3.8) is 0 Å². The van der Waals surface area contributed by atoms with Gasteiger partial charge in [-0.15, -0.1) is 0 Å². The Bertz CT molecular complexity index is 1800. The number of pyridine rings is 1. The van der Waals surface area contributed by atoms with E-state index in [1.165, 1.54) is 28.0 Å². The van der Waals surface area contributed by atoms with E-state index in [0.717, 1.165) is 19.0 Å². The van der Waals surface area contributed by atoms with E-state index in [0.29, 0.717) is 36.1 Å². The highest BCUT2D eigenvalue weighted by molar-refractivity contribution is 5.98. The van der Waals surface area contributed by atoms with E-state index in [9.17, 15) is 32.8 Å². The Labute approximate surface area is 313 Å². The lowest BCUT2D eigenvalue weighted by atomic mass is 10.0. The average molecular weight is 751 g/mol. The van der Waals surface area contributed by atoms with Gasteiger partial charge in [0.05, 0.1) is 31.0 Å². The van der Waals surface area contributed by atoms with Gasteiger partial charge in [0, 0.05) is 24.4 Å². The Morgan fingerprint density at radius 1 is 1.07 bits per heavy atom. The van der Waals surface area contributed by atoms with E-state index in [1.807, 2.05) is 12.2 Å². The van der Waals surface area contributed by atoms with Crippen LogP contribution in [0.3, 0.4) is 0 Å². The molecule has 4 heterocycles. The molecule has 1 saturated carbocycles. The van der Waals surface area contributed by atoms with Crippen LogP contribution in [0.2, 0.25) is 0 Å². The summed E-state index contributed by atoms with van der Waals surface area (Å²) in [5.41, 5.74) is -0.669. The number of allylic oxidation sites excluding steroid dienone is 1. The molecule has 54 heavy (non-hydrogen) atoms. The Hall–Kier alpha value is -5.08. The molecule has 1 aliphatic carbocycles. The number of aromatic nitrogens is 1. The average Bonchev–Trinajstić information content (AvgIpc) is 3.40. The molecule has 0 spiro atoms. The number of nitrogens with zero attached hydrogens (tertiary/aromatic N) is 3. The van der Waals surface area contributed by atoms with Crippen molar-refractivity contribution >= 4 is 29.9 Å². The van der Waals surface area contributed by atoms with Crippen molar-refractivity contribution in [2.24, 2.45) is 5.92 Å². The summed E-state index contributed by atoms with van der Waals surface area (Å²) in [4.78, 5) is 75.7. The first-order valence-electron chi connectivity index (χ1n) is 18.6. The topological polar surface area (TPSA) is 159 Å². The summed E-state index contributed by atoms with van der Waals surface area (Å²) in [6.45, 7) is 6.84. The summed E-state index contributed by atoms with van der Waals surface area (Å²) < 4.78 is 39.3. The van der Waals surface area contributed by atoms with Crippen molar-refractivity contribution in [2.75, 3.05) is 6.54 Å². The van der Waals surface area contributed by atoms with E-state index in [-0.39, 0.29) is 38.4 Å². The van der Waals surface area contributed by atoms with Crippen LogP contribution >= 0.6 is 0 Å². The number of hydrogen-bond acceptors (Lipinski definition) is 8. The Morgan fingerprint density at radius 3 is 2.59 bits per heavy atom. The molecule has 0 bridgehead atoms. The minimum absolute atomic E-state index is 0.0143. The van der Waals surface area contributed by atoms with E-state index in [4.69, 9.17) is 9.47 Å². The van der Waals surface area contributed by atoms with Crippen LogP contribution in [0.15, 0.2) is 48.7 Å². The van der Waals surface area contributed by atoms with Gasteiger partial charge >= 0.3 is 12.2 Å². The molecule has 2 aromatic rings. The number of halogens is 2. The largest absolute Gasteiger partial charge is 0.444 e. The minimum atomic E-state index is -1.34. The van der Waals surface area contributed by atoms with Crippen LogP contribution in [-0.2, 0) is 36.9 Å². The van der Waals surface area contributed by atoms with Gasteiger partial charge in [0.15, 0.2) is 0 Å². The number of ether oxygens (including phenoxy) is 2. The second-order valence-corrected chi connectivity index (χ2v) is 15.6. The monoisotopic (exact) mass is 750 g/mol. The van der Waals surface area contributed by atoms with E-state index >= 15 is 0 Å². The summed E-state index contributed by atoms with van der Waals surface area (Å²) in [7, 11) is 0.